The van der Waals surface area contributed by atoms with Gasteiger partial charge >= 0.3 is 0 Å². The molecule has 0 aliphatic carbocycles. The highest BCUT2D eigenvalue weighted by Crippen LogP contribution is 2.29. The van der Waals surface area contributed by atoms with Crippen molar-refractivity contribution in [3.05, 3.63) is 72.6 Å². The Balaban J connectivity index is 1.44. The molecule has 5 heteroatoms. The SMILES string of the molecule is COc1ccccc1N1CCN(Cc2cccn2-c2ccccc2OC)CC1. The average Bonchev–Trinajstić information content (AvgIpc) is 3.22. The van der Waals surface area contributed by atoms with E-state index in [2.05, 4.69) is 50.9 Å². The van der Waals surface area contributed by atoms with Gasteiger partial charge in [-0.3, -0.25) is 4.90 Å². The Labute approximate surface area is 166 Å². The second-order valence-electron chi connectivity index (χ2n) is 6.98. The molecule has 3 aromatic rings. The van der Waals surface area contributed by atoms with Crippen LogP contribution in [0.15, 0.2) is 66.9 Å². The summed E-state index contributed by atoms with van der Waals surface area (Å²) in [5.41, 5.74) is 3.54. The fraction of sp³-hybridized carbons (Fsp3) is 0.304. The van der Waals surface area contributed by atoms with E-state index in [0.29, 0.717) is 0 Å². The van der Waals surface area contributed by atoms with Crippen molar-refractivity contribution in [1.29, 1.82) is 0 Å². The van der Waals surface area contributed by atoms with Crippen LogP contribution in [-0.2, 0) is 6.54 Å². The number of piperazine rings is 1. The van der Waals surface area contributed by atoms with Crippen molar-refractivity contribution in [1.82, 2.24) is 9.47 Å². The number of benzene rings is 2. The Kier molecular flexibility index (Phi) is 5.53. The first-order valence-corrected chi connectivity index (χ1v) is 9.70. The minimum absolute atomic E-state index is 0.890. The van der Waals surface area contributed by atoms with Crippen molar-refractivity contribution in [2.45, 2.75) is 6.54 Å². The molecule has 1 aliphatic heterocycles. The maximum Gasteiger partial charge on any atom is 0.142 e. The largest absolute Gasteiger partial charge is 0.495 e. The van der Waals surface area contributed by atoms with Crippen LogP contribution in [0, 0.1) is 0 Å². The number of rotatable bonds is 6. The molecule has 1 saturated heterocycles. The molecule has 0 unspecified atom stereocenters. The van der Waals surface area contributed by atoms with Gasteiger partial charge in [-0.15, -0.1) is 0 Å². The molecule has 0 atom stereocenters. The molecule has 0 radical (unpaired) electrons. The summed E-state index contributed by atoms with van der Waals surface area (Å²) in [5.74, 6) is 1.84. The Morgan fingerprint density at radius 3 is 2.00 bits per heavy atom. The fourth-order valence-electron chi connectivity index (χ4n) is 3.88. The van der Waals surface area contributed by atoms with Gasteiger partial charge in [0.05, 0.1) is 25.6 Å². The third-order valence-electron chi connectivity index (χ3n) is 5.36. The Morgan fingerprint density at radius 2 is 1.32 bits per heavy atom. The smallest absolute Gasteiger partial charge is 0.142 e. The molecule has 2 aromatic carbocycles. The highest BCUT2D eigenvalue weighted by atomic mass is 16.5. The van der Waals surface area contributed by atoms with Crippen molar-refractivity contribution >= 4 is 5.69 Å². The highest BCUT2D eigenvalue weighted by molar-refractivity contribution is 5.58. The van der Waals surface area contributed by atoms with Crippen LogP contribution in [0.1, 0.15) is 5.69 Å². The fourth-order valence-corrected chi connectivity index (χ4v) is 3.88. The van der Waals surface area contributed by atoms with Gasteiger partial charge in [0.15, 0.2) is 0 Å². The lowest BCUT2D eigenvalue weighted by molar-refractivity contribution is 0.245. The lowest BCUT2D eigenvalue weighted by atomic mass is 10.2. The van der Waals surface area contributed by atoms with Crippen LogP contribution in [0.2, 0.25) is 0 Å². The van der Waals surface area contributed by atoms with E-state index >= 15 is 0 Å². The van der Waals surface area contributed by atoms with Gasteiger partial charge < -0.3 is 18.9 Å². The van der Waals surface area contributed by atoms with E-state index in [4.69, 9.17) is 9.47 Å². The lowest BCUT2D eigenvalue weighted by Crippen LogP contribution is -2.46. The summed E-state index contributed by atoms with van der Waals surface area (Å²) in [6.45, 7) is 4.96. The number of ether oxygens (including phenoxy) is 2. The summed E-state index contributed by atoms with van der Waals surface area (Å²) in [5, 5.41) is 0. The molecule has 1 aliphatic rings. The molecule has 0 amide bonds. The minimum Gasteiger partial charge on any atom is -0.495 e. The molecule has 0 spiro atoms. The molecule has 146 valence electrons. The van der Waals surface area contributed by atoms with Crippen molar-refractivity contribution in [3.8, 4) is 17.2 Å². The number of methoxy groups -OCH3 is 2. The topological polar surface area (TPSA) is 29.9 Å². The highest BCUT2D eigenvalue weighted by Gasteiger charge is 2.20. The standard InChI is InChI=1S/C23H27N3O2/c1-27-22-11-5-3-9-20(22)25-16-14-24(15-17-25)18-19-8-7-13-26(19)21-10-4-6-12-23(21)28-2/h3-13H,14-18H2,1-2H3. The minimum atomic E-state index is 0.890. The van der Waals surface area contributed by atoms with Gasteiger partial charge in [-0.05, 0) is 36.4 Å². The third kappa shape index (κ3) is 3.71. The van der Waals surface area contributed by atoms with Gasteiger partial charge in [-0.1, -0.05) is 24.3 Å². The first-order valence-electron chi connectivity index (χ1n) is 9.70. The van der Waals surface area contributed by atoms with E-state index < -0.39 is 0 Å². The van der Waals surface area contributed by atoms with Crippen LogP contribution in [-0.4, -0.2) is 49.9 Å². The maximum absolute atomic E-state index is 5.55. The van der Waals surface area contributed by atoms with Gasteiger partial charge in [-0.25, -0.2) is 0 Å². The lowest BCUT2D eigenvalue weighted by Gasteiger charge is -2.36. The zero-order valence-electron chi connectivity index (χ0n) is 16.5. The summed E-state index contributed by atoms with van der Waals surface area (Å²) >= 11 is 0. The zero-order chi connectivity index (χ0) is 19.3. The Hall–Kier alpha value is -2.92. The van der Waals surface area contributed by atoms with E-state index in [1.54, 1.807) is 14.2 Å². The van der Waals surface area contributed by atoms with Crippen LogP contribution in [0.5, 0.6) is 11.5 Å². The molecule has 5 nitrogen and oxygen atoms in total. The summed E-state index contributed by atoms with van der Waals surface area (Å²) in [4.78, 5) is 4.92. The van der Waals surface area contributed by atoms with Gasteiger partial charge in [0.1, 0.15) is 11.5 Å². The van der Waals surface area contributed by atoms with E-state index in [1.165, 1.54) is 11.4 Å². The molecule has 2 heterocycles. The van der Waals surface area contributed by atoms with Crippen LogP contribution in [0.3, 0.4) is 0 Å². The number of hydrogen-bond donors (Lipinski definition) is 0. The zero-order valence-corrected chi connectivity index (χ0v) is 16.5. The number of para-hydroxylation sites is 4. The van der Waals surface area contributed by atoms with Crippen LogP contribution >= 0.6 is 0 Å². The number of nitrogens with zero attached hydrogens (tertiary/aromatic N) is 3. The molecule has 1 fully saturated rings. The molecule has 0 bridgehead atoms. The van der Waals surface area contributed by atoms with Gasteiger partial charge in [0.2, 0.25) is 0 Å². The second kappa shape index (κ2) is 8.40. The van der Waals surface area contributed by atoms with Gasteiger partial charge in [0, 0.05) is 44.6 Å². The summed E-state index contributed by atoms with van der Waals surface area (Å²) in [7, 11) is 3.46. The van der Waals surface area contributed by atoms with E-state index in [1.807, 2.05) is 30.3 Å². The van der Waals surface area contributed by atoms with Crippen molar-refractivity contribution in [3.63, 3.8) is 0 Å². The molecule has 28 heavy (non-hydrogen) atoms. The van der Waals surface area contributed by atoms with Crippen LogP contribution in [0.25, 0.3) is 5.69 Å². The average molecular weight is 377 g/mol. The van der Waals surface area contributed by atoms with E-state index in [-0.39, 0.29) is 0 Å². The summed E-state index contributed by atoms with van der Waals surface area (Å²) in [6.07, 6.45) is 2.11. The third-order valence-corrected chi connectivity index (χ3v) is 5.36. The first kappa shape index (κ1) is 18.4. The molecular formula is C23H27N3O2. The van der Waals surface area contributed by atoms with Crippen LogP contribution in [0.4, 0.5) is 5.69 Å². The molecule has 4 rings (SSSR count). The van der Waals surface area contributed by atoms with Gasteiger partial charge in [-0.2, -0.15) is 0 Å². The first-order chi connectivity index (χ1) is 13.8. The number of anilines is 1. The molecule has 0 N–H and O–H groups in total. The quantitative estimate of drug-likeness (QED) is 0.653. The summed E-state index contributed by atoms with van der Waals surface area (Å²) < 4.78 is 13.3. The van der Waals surface area contributed by atoms with E-state index in [9.17, 15) is 0 Å². The Morgan fingerprint density at radius 1 is 0.714 bits per heavy atom. The monoisotopic (exact) mass is 377 g/mol. The number of aromatic nitrogens is 1. The van der Waals surface area contributed by atoms with Crippen molar-refractivity contribution in [2.24, 2.45) is 0 Å². The van der Waals surface area contributed by atoms with Crippen molar-refractivity contribution in [2.75, 3.05) is 45.3 Å². The van der Waals surface area contributed by atoms with Crippen molar-refractivity contribution < 1.29 is 9.47 Å². The molecular weight excluding hydrogens is 350 g/mol. The van der Waals surface area contributed by atoms with E-state index in [0.717, 1.165) is 49.9 Å². The summed E-state index contributed by atoms with van der Waals surface area (Å²) in [6, 6.07) is 20.7. The predicted molar refractivity (Wildman–Crippen MR) is 113 cm³/mol. The predicted octanol–water partition coefficient (Wildman–Crippen LogP) is 3.82. The Bertz CT molecular complexity index is 913. The molecule has 1 aromatic heterocycles. The van der Waals surface area contributed by atoms with Gasteiger partial charge in [0.25, 0.3) is 0 Å². The normalized spacial score (nSPS) is 14.9. The van der Waals surface area contributed by atoms with Crippen LogP contribution < -0.4 is 14.4 Å². The number of hydrogen-bond acceptors (Lipinski definition) is 4. The maximum atomic E-state index is 5.55. The molecule has 0 saturated carbocycles. The second-order valence-corrected chi connectivity index (χ2v) is 6.98.